The Kier molecular flexibility index (Phi) is 13.0. The van der Waals surface area contributed by atoms with E-state index in [9.17, 15) is 18.0 Å². The van der Waals surface area contributed by atoms with Crippen molar-refractivity contribution in [3.8, 4) is 0 Å². The minimum atomic E-state index is -4.49. The number of nitrogens with zero attached hydrogens (tertiary/aromatic N) is 1. The molecule has 0 heterocycles. The fraction of sp³-hybridized carbons (Fsp3) is 0.864. The quantitative estimate of drug-likeness (QED) is 0.243. The Morgan fingerprint density at radius 3 is 1.81 bits per heavy atom. The Balaban J connectivity index is 3.18. The van der Waals surface area contributed by atoms with Crippen molar-refractivity contribution in [2.45, 2.75) is 115 Å². The lowest BCUT2D eigenvalue weighted by Crippen LogP contribution is -2.63. The zero-order chi connectivity index (χ0) is 29.0. The van der Waals surface area contributed by atoms with Gasteiger partial charge in [0.25, 0.3) is 0 Å². The molecular weight excluding hydrogens is 584 g/mol. The third kappa shape index (κ3) is 10.9. The summed E-state index contributed by atoms with van der Waals surface area (Å²) < 4.78 is 64.8. The van der Waals surface area contributed by atoms with Gasteiger partial charge in [-0.05, 0) is 70.8 Å². The molecule has 0 aromatic heterocycles. The van der Waals surface area contributed by atoms with Crippen LogP contribution in [-0.4, -0.2) is 82.6 Å². The van der Waals surface area contributed by atoms with E-state index in [1.54, 1.807) is 0 Å². The molecule has 0 bridgehead atoms. The highest BCUT2D eigenvalue weighted by Gasteiger charge is 2.54. The van der Waals surface area contributed by atoms with Crippen molar-refractivity contribution >= 4 is 58.5 Å². The first-order valence-corrected chi connectivity index (χ1v) is 29.3. The van der Waals surface area contributed by atoms with Crippen LogP contribution in [0.3, 0.4) is 0 Å². The first-order valence-electron chi connectivity index (χ1n) is 13.4. The van der Waals surface area contributed by atoms with Gasteiger partial charge in [-0.15, -0.1) is 6.58 Å². The summed E-state index contributed by atoms with van der Waals surface area (Å²) in [6, 6.07) is -0.187. The average Bonchev–Trinajstić information content (AvgIpc) is 2.69. The van der Waals surface area contributed by atoms with Crippen molar-refractivity contribution < 1.29 is 34.4 Å². The number of hydrogen-bond acceptors (Lipinski definition) is 5. The lowest BCUT2D eigenvalue weighted by Gasteiger charge is -2.47. The van der Waals surface area contributed by atoms with E-state index in [-0.39, 0.29) is 6.04 Å². The monoisotopic (exact) mass is 633 g/mol. The van der Waals surface area contributed by atoms with Crippen LogP contribution in [-0.2, 0) is 21.3 Å². The average molecular weight is 634 g/mol. The zero-order valence-corrected chi connectivity index (χ0v) is 31.2. The molecule has 1 aliphatic carbocycles. The first kappa shape index (κ1) is 35.2. The summed E-state index contributed by atoms with van der Waals surface area (Å²) in [5.41, 5.74) is 0.299. The van der Waals surface area contributed by atoms with Gasteiger partial charge < -0.3 is 21.4 Å². The second-order valence-corrected chi connectivity index (χ2v) is 32.1. The number of carbonyl (C=O) groups excluding carboxylic acids is 1. The van der Waals surface area contributed by atoms with Crippen LogP contribution < -0.4 is 0 Å². The second-order valence-electron chi connectivity index (χ2n) is 12.1. The van der Waals surface area contributed by atoms with E-state index < -0.39 is 71.1 Å². The van der Waals surface area contributed by atoms with E-state index in [1.165, 1.54) is 11.9 Å². The van der Waals surface area contributed by atoms with E-state index in [0.717, 1.165) is 24.1 Å². The summed E-state index contributed by atoms with van der Waals surface area (Å²) in [7, 11) is -11.1. The normalized spacial score (nSPS) is 20.1. The third-order valence-electron chi connectivity index (χ3n) is 6.98. The molecule has 0 N–H and O–H groups in total. The molecule has 37 heavy (non-hydrogen) atoms. The Hall–Kier alpha value is 0.141. The number of rotatable bonds is 13. The van der Waals surface area contributed by atoms with Crippen molar-refractivity contribution in [3.05, 3.63) is 11.4 Å². The summed E-state index contributed by atoms with van der Waals surface area (Å²) in [5, 5.41) is 0. The molecule has 1 fully saturated rings. The largest absolute Gasteiger partial charge is 0.636 e. The number of hydrogen-bond donors (Lipinski definition) is 0. The van der Waals surface area contributed by atoms with Crippen molar-refractivity contribution in [2.24, 2.45) is 0 Å². The molecule has 6 nitrogen and oxygen atoms in total. The Morgan fingerprint density at radius 1 is 0.946 bits per heavy atom. The van der Waals surface area contributed by atoms with Gasteiger partial charge in [0, 0.05) is 13.1 Å². The van der Waals surface area contributed by atoms with E-state index >= 15 is 0 Å². The van der Waals surface area contributed by atoms with Gasteiger partial charge in [-0.3, -0.25) is 4.79 Å². The van der Waals surface area contributed by atoms with Crippen molar-refractivity contribution in [1.29, 1.82) is 0 Å². The molecule has 15 heteroatoms. The van der Waals surface area contributed by atoms with Gasteiger partial charge in [0.05, 0.1) is 8.07 Å². The number of carbonyl (C=O) groups is 1. The Bertz CT molecular complexity index is 756. The van der Waals surface area contributed by atoms with Gasteiger partial charge in [0.2, 0.25) is 14.2 Å². The van der Waals surface area contributed by atoms with E-state index in [1.807, 2.05) is 0 Å². The molecule has 1 amide bonds. The molecule has 0 spiro atoms. The predicted octanol–water partition coefficient (Wildman–Crippen LogP) is 5.71. The first-order chi connectivity index (χ1) is 16.6. The highest BCUT2D eigenvalue weighted by Crippen LogP contribution is 2.44. The molecule has 0 aromatic rings. The fourth-order valence-corrected chi connectivity index (χ4v) is 28.6. The van der Waals surface area contributed by atoms with Crippen molar-refractivity contribution in [1.82, 2.24) is 4.90 Å². The molecule has 0 aromatic carbocycles. The molecule has 1 saturated carbocycles. The SMILES string of the molecule is C=C([Si](C)(C)O[Si](O[SiH](C)C)(O[SiH](C)C)O[SiH](C)C)[Si](C)(C)C1CCCC(N(C)C(=O)CC(F)(F)F)C1. The number of alkyl halides is 3. The standard InChI is InChI=1S/C22H50F3NO5Si6/c1-18(36(11,12)31-37(28-32(3)4,29-33(5)6)30-34(7)8)35(9,10)20-15-13-14-19(16-20)26(2)21(27)17-22(23,24)25/h19-20,32-34H,1,13-17H2,2-12H3. The highest BCUT2D eigenvalue weighted by atomic mass is 28.5. The van der Waals surface area contributed by atoms with Crippen LogP contribution in [0.2, 0.25) is 71.0 Å². The Labute approximate surface area is 231 Å². The molecule has 0 saturated heterocycles. The summed E-state index contributed by atoms with van der Waals surface area (Å²) in [6.45, 7) is 26.1. The molecule has 1 aliphatic rings. The molecule has 0 radical (unpaired) electrons. The molecular formula is C22H50F3NO5Si6. The molecule has 0 aliphatic heterocycles. The maximum absolute atomic E-state index is 12.8. The van der Waals surface area contributed by atoms with Gasteiger partial charge in [-0.2, -0.15) is 13.2 Å². The van der Waals surface area contributed by atoms with E-state index in [2.05, 4.69) is 72.0 Å². The maximum Gasteiger partial charge on any atom is 0.636 e. The fourth-order valence-electron chi connectivity index (χ4n) is 5.09. The van der Waals surface area contributed by atoms with Crippen LogP contribution in [0.1, 0.15) is 32.1 Å². The maximum atomic E-state index is 12.8. The van der Waals surface area contributed by atoms with E-state index in [0.29, 0.717) is 12.0 Å². The minimum Gasteiger partial charge on any atom is -0.399 e. The highest BCUT2D eigenvalue weighted by molar-refractivity contribution is 7.05. The van der Waals surface area contributed by atoms with Gasteiger partial charge in [-0.1, -0.05) is 30.8 Å². The zero-order valence-electron chi connectivity index (χ0n) is 24.8. The smallest absolute Gasteiger partial charge is 0.399 e. The lowest BCUT2D eigenvalue weighted by atomic mass is 9.93. The Morgan fingerprint density at radius 2 is 1.41 bits per heavy atom. The summed E-state index contributed by atoms with van der Waals surface area (Å²) >= 11 is 0. The summed E-state index contributed by atoms with van der Waals surface area (Å²) in [4.78, 5) is 14.8. The van der Waals surface area contributed by atoms with Crippen molar-refractivity contribution in [3.63, 3.8) is 0 Å². The topological polar surface area (TPSA) is 57.2 Å². The van der Waals surface area contributed by atoms with Crippen LogP contribution in [0.5, 0.6) is 0 Å². The number of amides is 1. The van der Waals surface area contributed by atoms with Crippen molar-refractivity contribution in [2.75, 3.05) is 7.05 Å². The van der Waals surface area contributed by atoms with E-state index in [4.69, 9.17) is 16.5 Å². The third-order valence-corrected chi connectivity index (χ3v) is 28.5. The second kappa shape index (κ2) is 13.7. The molecule has 218 valence electrons. The van der Waals surface area contributed by atoms with Crippen LogP contribution in [0.25, 0.3) is 0 Å². The molecule has 1 rings (SSSR count). The van der Waals surface area contributed by atoms with Gasteiger partial charge in [0.1, 0.15) is 6.42 Å². The van der Waals surface area contributed by atoms with Crippen LogP contribution in [0.4, 0.5) is 13.2 Å². The van der Waals surface area contributed by atoms with Crippen LogP contribution in [0.15, 0.2) is 11.4 Å². The predicted molar refractivity (Wildman–Crippen MR) is 160 cm³/mol. The molecule has 2 atom stereocenters. The molecule has 2 unspecified atom stereocenters. The summed E-state index contributed by atoms with van der Waals surface area (Å²) in [5.74, 6) is -0.856. The van der Waals surface area contributed by atoms with Gasteiger partial charge >= 0.3 is 15.2 Å². The number of halogens is 3. The minimum absolute atomic E-state index is 0.187. The van der Waals surface area contributed by atoms with Crippen LogP contribution >= 0.6 is 0 Å². The van der Waals surface area contributed by atoms with Gasteiger partial charge in [-0.25, -0.2) is 0 Å². The lowest BCUT2D eigenvalue weighted by molar-refractivity contribution is -0.162. The summed E-state index contributed by atoms with van der Waals surface area (Å²) in [6.07, 6.45) is -2.59. The van der Waals surface area contributed by atoms with Gasteiger partial charge in [0.15, 0.2) is 27.1 Å². The van der Waals surface area contributed by atoms with Crippen LogP contribution in [0, 0.1) is 0 Å².